The number of piperazine rings is 1. The van der Waals surface area contributed by atoms with Gasteiger partial charge in [-0.15, -0.1) is 11.3 Å². The highest BCUT2D eigenvalue weighted by Gasteiger charge is 2.27. The van der Waals surface area contributed by atoms with E-state index in [4.69, 9.17) is 9.97 Å². The van der Waals surface area contributed by atoms with E-state index in [-0.39, 0.29) is 5.82 Å². The van der Waals surface area contributed by atoms with Gasteiger partial charge in [0.15, 0.2) is 0 Å². The molecule has 1 saturated heterocycles. The highest BCUT2D eigenvalue weighted by molar-refractivity contribution is 7.19. The number of aromatic nitrogens is 2. The van der Waals surface area contributed by atoms with Crippen LogP contribution in [0.5, 0.6) is 0 Å². The van der Waals surface area contributed by atoms with E-state index in [0.29, 0.717) is 5.69 Å². The SMILES string of the molecule is CCc1nc(N2CCN(c3ccccc3F)CC2)c2c3c(sc2n1)CCC3. The average Bonchev–Trinajstić information content (AvgIpc) is 3.28. The van der Waals surface area contributed by atoms with E-state index in [0.717, 1.165) is 55.5 Å². The molecular formula is C21H23FN4S. The number of halogens is 1. The maximum Gasteiger partial charge on any atom is 0.146 e. The molecule has 2 aromatic heterocycles. The number of anilines is 2. The van der Waals surface area contributed by atoms with Crippen LogP contribution in [0.4, 0.5) is 15.9 Å². The average molecular weight is 383 g/mol. The monoisotopic (exact) mass is 382 g/mol. The van der Waals surface area contributed by atoms with Gasteiger partial charge in [-0.2, -0.15) is 0 Å². The maximum atomic E-state index is 14.1. The number of para-hydroxylation sites is 1. The number of aryl methyl sites for hydroxylation is 3. The molecule has 3 aromatic rings. The molecule has 0 radical (unpaired) electrons. The molecule has 5 rings (SSSR count). The Morgan fingerprint density at radius 3 is 2.59 bits per heavy atom. The molecule has 0 unspecified atom stereocenters. The lowest BCUT2D eigenvalue weighted by atomic mass is 10.1. The van der Waals surface area contributed by atoms with Crippen molar-refractivity contribution in [3.05, 3.63) is 46.3 Å². The van der Waals surface area contributed by atoms with E-state index >= 15 is 0 Å². The van der Waals surface area contributed by atoms with Gasteiger partial charge >= 0.3 is 0 Å². The minimum atomic E-state index is -0.140. The molecular weight excluding hydrogens is 359 g/mol. The zero-order valence-corrected chi connectivity index (χ0v) is 16.4. The third-order valence-corrected chi connectivity index (χ3v) is 6.87. The summed E-state index contributed by atoms with van der Waals surface area (Å²) < 4.78 is 14.1. The van der Waals surface area contributed by atoms with Crippen LogP contribution in [0, 0.1) is 5.82 Å². The molecule has 2 aliphatic rings. The van der Waals surface area contributed by atoms with Gasteiger partial charge in [-0.1, -0.05) is 19.1 Å². The highest BCUT2D eigenvalue weighted by Crippen LogP contribution is 2.41. The van der Waals surface area contributed by atoms with Crippen LogP contribution in [-0.2, 0) is 19.3 Å². The highest BCUT2D eigenvalue weighted by atomic mass is 32.1. The third-order valence-electron chi connectivity index (χ3n) is 5.68. The summed E-state index contributed by atoms with van der Waals surface area (Å²) in [6.45, 7) is 5.44. The van der Waals surface area contributed by atoms with E-state index in [9.17, 15) is 4.39 Å². The molecule has 1 aromatic carbocycles. The molecule has 140 valence electrons. The van der Waals surface area contributed by atoms with E-state index in [1.165, 1.54) is 34.7 Å². The molecule has 0 saturated carbocycles. The van der Waals surface area contributed by atoms with Gasteiger partial charge in [0, 0.05) is 37.5 Å². The number of hydrogen-bond acceptors (Lipinski definition) is 5. The molecule has 0 amide bonds. The van der Waals surface area contributed by atoms with Crippen molar-refractivity contribution >= 4 is 33.1 Å². The van der Waals surface area contributed by atoms with Gasteiger partial charge in [0.05, 0.1) is 11.1 Å². The number of thiophene rings is 1. The lowest BCUT2D eigenvalue weighted by Gasteiger charge is -2.37. The summed E-state index contributed by atoms with van der Waals surface area (Å²) in [6.07, 6.45) is 4.42. The second kappa shape index (κ2) is 6.75. The van der Waals surface area contributed by atoms with E-state index in [1.54, 1.807) is 6.07 Å². The maximum absolute atomic E-state index is 14.1. The number of rotatable bonds is 3. The number of nitrogens with zero attached hydrogens (tertiary/aromatic N) is 4. The molecule has 1 fully saturated rings. The second-order valence-electron chi connectivity index (χ2n) is 7.28. The fraction of sp³-hybridized carbons (Fsp3) is 0.429. The van der Waals surface area contributed by atoms with Crippen LogP contribution in [0.25, 0.3) is 10.2 Å². The van der Waals surface area contributed by atoms with E-state index in [1.807, 2.05) is 23.5 Å². The molecule has 0 bridgehead atoms. The van der Waals surface area contributed by atoms with Crippen molar-refractivity contribution in [2.45, 2.75) is 32.6 Å². The summed E-state index contributed by atoms with van der Waals surface area (Å²) >= 11 is 1.86. The lowest BCUT2D eigenvalue weighted by Crippen LogP contribution is -2.47. The first-order valence-electron chi connectivity index (χ1n) is 9.80. The van der Waals surface area contributed by atoms with Crippen LogP contribution in [0.1, 0.15) is 29.6 Å². The van der Waals surface area contributed by atoms with Crippen molar-refractivity contribution < 1.29 is 4.39 Å². The van der Waals surface area contributed by atoms with Crippen LogP contribution in [0.15, 0.2) is 24.3 Å². The van der Waals surface area contributed by atoms with Crippen LogP contribution in [-0.4, -0.2) is 36.1 Å². The van der Waals surface area contributed by atoms with Crippen molar-refractivity contribution in [1.82, 2.24) is 9.97 Å². The third kappa shape index (κ3) is 2.87. The van der Waals surface area contributed by atoms with Gasteiger partial charge in [0.2, 0.25) is 0 Å². The van der Waals surface area contributed by atoms with Gasteiger partial charge in [0.1, 0.15) is 22.3 Å². The number of hydrogen-bond donors (Lipinski definition) is 0. The summed E-state index contributed by atoms with van der Waals surface area (Å²) in [5, 5.41) is 1.28. The van der Waals surface area contributed by atoms with Crippen LogP contribution in [0.3, 0.4) is 0 Å². The Morgan fingerprint density at radius 1 is 1.04 bits per heavy atom. The molecule has 3 heterocycles. The molecule has 1 aliphatic carbocycles. The Balaban J connectivity index is 1.47. The summed E-state index contributed by atoms with van der Waals surface area (Å²) in [5.74, 6) is 1.89. The first-order chi connectivity index (χ1) is 13.2. The summed E-state index contributed by atoms with van der Waals surface area (Å²) in [6, 6.07) is 7.06. The number of fused-ring (bicyclic) bond motifs is 3. The van der Waals surface area contributed by atoms with Gasteiger partial charge in [0.25, 0.3) is 0 Å². The molecule has 4 nitrogen and oxygen atoms in total. The summed E-state index contributed by atoms with van der Waals surface area (Å²) in [5.41, 5.74) is 2.18. The first-order valence-corrected chi connectivity index (χ1v) is 10.6. The molecule has 0 spiro atoms. The largest absolute Gasteiger partial charge is 0.366 e. The predicted octanol–water partition coefficient (Wildman–Crippen LogP) is 4.21. The Bertz CT molecular complexity index is 991. The zero-order valence-electron chi connectivity index (χ0n) is 15.5. The summed E-state index contributed by atoms with van der Waals surface area (Å²) in [7, 11) is 0. The standard InChI is InChI=1S/C21H23FN4S/c1-2-18-23-20(19-14-6-5-9-17(14)27-21(19)24-18)26-12-10-25(11-13-26)16-8-4-3-7-15(16)22/h3-4,7-8H,2,5-6,9-13H2,1H3. The first kappa shape index (κ1) is 16.9. The van der Waals surface area contributed by atoms with Gasteiger partial charge < -0.3 is 9.80 Å². The van der Waals surface area contributed by atoms with Gasteiger partial charge in [-0.3, -0.25) is 0 Å². The Hall–Kier alpha value is -2.21. The van der Waals surface area contributed by atoms with Crippen molar-refractivity contribution in [3.63, 3.8) is 0 Å². The van der Waals surface area contributed by atoms with E-state index in [2.05, 4.69) is 16.7 Å². The van der Waals surface area contributed by atoms with Gasteiger partial charge in [-0.05, 0) is 37.0 Å². The minimum Gasteiger partial charge on any atom is -0.366 e. The van der Waals surface area contributed by atoms with Crippen molar-refractivity contribution in [1.29, 1.82) is 0 Å². The fourth-order valence-electron chi connectivity index (χ4n) is 4.27. The van der Waals surface area contributed by atoms with Crippen LogP contribution in [0.2, 0.25) is 0 Å². The smallest absolute Gasteiger partial charge is 0.146 e. The molecule has 1 aliphatic heterocycles. The minimum absolute atomic E-state index is 0.140. The lowest BCUT2D eigenvalue weighted by molar-refractivity contribution is 0.596. The van der Waals surface area contributed by atoms with E-state index < -0.39 is 0 Å². The van der Waals surface area contributed by atoms with Crippen molar-refractivity contribution in [2.75, 3.05) is 36.0 Å². The van der Waals surface area contributed by atoms with Crippen molar-refractivity contribution in [2.24, 2.45) is 0 Å². The zero-order chi connectivity index (χ0) is 18.4. The van der Waals surface area contributed by atoms with Crippen LogP contribution < -0.4 is 9.80 Å². The Labute approximate surface area is 162 Å². The van der Waals surface area contributed by atoms with Gasteiger partial charge in [-0.25, -0.2) is 14.4 Å². The Kier molecular flexibility index (Phi) is 4.23. The second-order valence-corrected chi connectivity index (χ2v) is 8.36. The molecule has 27 heavy (non-hydrogen) atoms. The molecule has 0 N–H and O–H groups in total. The summed E-state index contributed by atoms with van der Waals surface area (Å²) in [4.78, 5) is 16.9. The Morgan fingerprint density at radius 2 is 1.81 bits per heavy atom. The van der Waals surface area contributed by atoms with Crippen LogP contribution >= 0.6 is 11.3 Å². The van der Waals surface area contributed by atoms with Crippen molar-refractivity contribution in [3.8, 4) is 0 Å². The fourth-order valence-corrected chi connectivity index (χ4v) is 5.55. The normalized spacial score (nSPS) is 17.0. The molecule has 6 heteroatoms. The topological polar surface area (TPSA) is 32.3 Å². The number of benzene rings is 1. The molecule has 0 atom stereocenters. The quantitative estimate of drug-likeness (QED) is 0.679. The predicted molar refractivity (Wildman–Crippen MR) is 110 cm³/mol.